The lowest BCUT2D eigenvalue weighted by Crippen LogP contribution is -2.30. The van der Waals surface area contributed by atoms with E-state index in [1.807, 2.05) is 38.1 Å². The first-order chi connectivity index (χ1) is 16.4. The van der Waals surface area contributed by atoms with Crippen LogP contribution >= 0.6 is 11.7 Å². The molecule has 0 unspecified atom stereocenters. The minimum absolute atomic E-state index is 0.148. The summed E-state index contributed by atoms with van der Waals surface area (Å²) in [6.07, 6.45) is 1.76. The standard InChI is InChI=1S/C23H25N7O3S/c1-12(2)25-18-9-20(26-14-4-5-17-19(8-14)29-34-28-17)24-10-16(18)22-27-21(13(3)33-22)23(32)30-7-6-15(31)11-30/h4-5,8-10,12,15,31H,6-7,11H2,1-3H3,(H2,24,25,26)/t15-/m1/s1. The van der Waals surface area contributed by atoms with E-state index in [9.17, 15) is 9.90 Å². The van der Waals surface area contributed by atoms with E-state index in [4.69, 9.17) is 4.42 Å². The number of benzene rings is 1. The van der Waals surface area contributed by atoms with Crippen LogP contribution < -0.4 is 10.6 Å². The molecule has 10 nitrogen and oxygen atoms in total. The number of aryl methyl sites for hydroxylation is 1. The number of hydrogen-bond acceptors (Lipinski definition) is 10. The fourth-order valence-corrected chi connectivity index (χ4v) is 4.44. The highest BCUT2D eigenvalue weighted by molar-refractivity contribution is 7.00. The predicted molar refractivity (Wildman–Crippen MR) is 130 cm³/mol. The average molecular weight is 480 g/mol. The van der Waals surface area contributed by atoms with Crippen LogP contribution in [0.3, 0.4) is 0 Å². The van der Waals surface area contributed by atoms with Gasteiger partial charge in [-0.1, -0.05) is 0 Å². The molecule has 1 aromatic carbocycles. The number of pyridine rings is 1. The van der Waals surface area contributed by atoms with Gasteiger partial charge in [-0.25, -0.2) is 9.97 Å². The van der Waals surface area contributed by atoms with Gasteiger partial charge in [0, 0.05) is 37.1 Å². The first kappa shape index (κ1) is 22.2. The molecule has 176 valence electrons. The van der Waals surface area contributed by atoms with Crippen LogP contribution in [0.2, 0.25) is 0 Å². The summed E-state index contributed by atoms with van der Waals surface area (Å²) in [5.41, 5.74) is 4.22. The molecule has 0 radical (unpaired) electrons. The van der Waals surface area contributed by atoms with Crippen molar-refractivity contribution in [3.63, 3.8) is 0 Å². The summed E-state index contributed by atoms with van der Waals surface area (Å²) >= 11 is 1.18. The maximum atomic E-state index is 12.9. The molecule has 1 aliphatic rings. The Morgan fingerprint density at radius 3 is 2.85 bits per heavy atom. The average Bonchev–Trinajstić information content (AvgIpc) is 3.52. The van der Waals surface area contributed by atoms with Crippen molar-refractivity contribution in [2.24, 2.45) is 0 Å². The van der Waals surface area contributed by atoms with Crippen LogP contribution in [0.25, 0.3) is 22.5 Å². The first-order valence-electron chi connectivity index (χ1n) is 11.1. The SMILES string of the molecule is Cc1oc(-c2cnc(Nc3ccc4nsnc4c3)cc2NC(C)C)nc1C(=O)N1CC[C@@H](O)C1. The van der Waals surface area contributed by atoms with Crippen molar-refractivity contribution in [1.29, 1.82) is 0 Å². The number of fused-ring (bicyclic) bond motifs is 1. The van der Waals surface area contributed by atoms with Gasteiger partial charge < -0.3 is 25.1 Å². The Morgan fingerprint density at radius 2 is 2.09 bits per heavy atom. The zero-order valence-electron chi connectivity index (χ0n) is 19.1. The van der Waals surface area contributed by atoms with Crippen molar-refractivity contribution in [3.05, 3.63) is 41.9 Å². The zero-order chi connectivity index (χ0) is 23.8. The highest BCUT2D eigenvalue weighted by Crippen LogP contribution is 2.32. The van der Waals surface area contributed by atoms with Gasteiger partial charge in [0.25, 0.3) is 5.91 Å². The van der Waals surface area contributed by atoms with E-state index in [-0.39, 0.29) is 17.6 Å². The monoisotopic (exact) mass is 479 g/mol. The molecule has 1 atom stereocenters. The Balaban J connectivity index is 1.44. The molecule has 3 N–H and O–H groups in total. The molecule has 4 aromatic rings. The summed E-state index contributed by atoms with van der Waals surface area (Å²) in [7, 11) is 0. The smallest absolute Gasteiger partial charge is 0.276 e. The molecule has 0 saturated carbocycles. The number of aromatic nitrogens is 4. The fourth-order valence-electron chi connectivity index (χ4n) is 3.92. The van der Waals surface area contributed by atoms with Crippen molar-refractivity contribution in [2.75, 3.05) is 23.7 Å². The van der Waals surface area contributed by atoms with Crippen molar-refractivity contribution in [2.45, 2.75) is 39.3 Å². The van der Waals surface area contributed by atoms with Gasteiger partial charge in [0.2, 0.25) is 5.89 Å². The van der Waals surface area contributed by atoms with E-state index in [1.54, 1.807) is 18.0 Å². The van der Waals surface area contributed by atoms with Crippen LogP contribution in [-0.4, -0.2) is 59.9 Å². The number of nitrogens with zero attached hydrogens (tertiary/aromatic N) is 5. The van der Waals surface area contributed by atoms with Crippen molar-refractivity contribution >= 4 is 45.9 Å². The summed E-state index contributed by atoms with van der Waals surface area (Å²) in [5.74, 6) is 1.16. The Kier molecular flexibility index (Phi) is 5.88. The van der Waals surface area contributed by atoms with Crippen LogP contribution in [0.5, 0.6) is 0 Å². The van der Waals surface area contributed by atoms with Crippen LogP contribution in [0, 0.1) is 6.92 Å². The second kappa shape index (κ2) is 8.99. The number of oxazole rings is 1. The summed E-state index contributed by atoms with van der Waals surface area (Å²) < 4.78 is 14.4. The van der Waals surface area contributed by atoms with Crippen molar-refractivity contribution in [3.8, 4) is 11.5 Å². The number of β-amino-alcohol motifs (C(OH)–C–C–N with tert-alkyl or cyclic N) is 1. The lowest BCUT2D eigenvalue weighted by Gasteiger charge is -2.15. The minimum Gasteiger partial charge on any atom is -0.440 e. The van der Waals surface area contributed by atoms with E-state index in [1.165, 1.54) is 11.7 Å². The minimum atomic E-state index is -0.491. The molecule has 3 aromatic heterocycles. The molecule has 0 aliphatic carbocycles. The van der Waals surface area contributed by atoms with Gasteiger partial charge in [-0.05, 0) is 45.4 Å². The van der Waals surface area contributed by atoms with Gasteiger partial charge in [0.15, 0.2) is 5.69 Å². The number of hydrogen-bond donors (Lipinski definition) is 3. The number of nitrogens with one attached hydrogen (secondary N) is 2. The molecular formula is C23H25N7O3S. The predicted octanol–water partition coefficient (Wildman–Crippen LogP) is 3.82. The van der Waals surface area contributed by atoms with E-state index >= 15 is 0 Å². The topological polar surface area (TPSA) is 129 Å². The molecule has 4 heterocycles. The lowest BCUT2D eigenvalue weighted by molar-refractivity contribution is 0.0758. The molecule has 11 heteroatoms. The van der Waals surface area contributed by atoms with Gasteiger partial charge in [-0.3, -0.25) is 4.79 Å². The van der Waals surface area contributed by atoms with Gasteiger partial charge in [-0.15, -0.1) is 0 Å². The summed E-state index contributed by atoms with van der Waals surface area (Å²) in [4.78, 5) is 23.5. The van der Waals surface area contributed by atoms with Crippen molar-refractivity contribution in [1.82, 2.24) is 23.6 Å². The highest BCUT2D eigenvalue weighted by atomic mass is 32.1. The number of amides is 1. The van der Waals surface area contributed by atoms with Gasteiger partial charge in [0.1, 0.15) is 22.6 Å². The molecule has 1 amide bonds. The molecule has 5 rings (SSSR count). The Hall–Kier alpha value is -3.57. The number of anilines is 3. The molecule has 0 bridgehead atoms. The number of aliphatic hydroxyl groups is 1. The molecular weight excluding hydrogens is 454 g/mol. The van der Waals surface area contributed by atoms with Gasteiger partial charge >= 0.3 is 0 Å². The third-order valence-corrected chi connectivity index (χ3v) is 6.11. The van der Waals surface area contributed by atoms with E-state index < -0.39 is 6.10 Å². The first-order valence-corrected chi connectivity index (χ1v) is 11.8. The van der Waals surface area contributed by atoms with Crippen LogP contribution in [0.4, 0.5) is 17.2 Å². The maximum Gasteiger partial charge on any atom is 0.276 e. The maximum absolute atomic E-state index is 12.9. The van der Waals surface area contributed by atoms with Crippen LogP contribution in [0.15, 0.2) is 34.9 Å². The zero-order valence-corrected chi connectivity index (χ0v) is 19.9. The molecule has 34 heavy (non-hydrogen) atoms. The largest absolute Gasteiger partial charge is 0.440 e. The van der Waals surface area contributed by atoms with Crippen molar-refractivity contribution < 1.29 is 14.3 Å². The van der Waals surface area contributed by atoms with E-state index in [2.05, 4.69) is 29.3 Å². The normalized spacial score (nSPS) is 15.9. The Labute approximate surface area is 200 Å². The second-order valence-electron chi connectivity index (χ2n) is 8.62. The summed E-state index contributed by atoms with van der Waals surface area (Å²) in [6, 6.07) is 7.80. The lowest BCUT2D eigenvalue weighted by atomic mass is 10.2. The van der Waals surface area contributed by atoms with Crippen LogP contribution in [0.1, 0.15) is 36.5 Å². The second-order valence-corrected chi connectivity index (χ2v) is 9.15. The van der Waals surface area contributed by atoms with Gasteiger partial charge in [0.05, 0.1) is 29.1 Å². The quantitative estimate of drug-likeness (QED) is 0.378. The highest BCUT2D eigenvalue weighted by Gasteiger charge is 2.29. The van der Waals surface area contributed by atoms with Gasteiger partial charge in [-0.2, -0.15) is 8.75 Å². The number of aliphatic hydroxyl groups excluding tert-OH is 1. The molecule has 0 spiro atoms. The molecule has 1 aliphatic heterocycles. The summed E-state index contributed by atoms with van der Waals surface area (Å²) in [5, 5.41) is 16.5. The fraction of sp³-hybridized carbons (Fsp3) is 0.348. The third-order valence-electron chi connectivity index (χ3n) is 5.55. The summed E-state index contributed by atoms with van der Waals surface area (Å²) in [6.45, 7) is 6.61. The number of carbonyl (C=O) groups excluding carboxylic acids is 1. The Bertz CT molecular complexity index is 1350. The van der Waals surface area contributed by atoms with E-state index in [0.29, 0.717) is 42.5 Å². The number of carbonyl (C=O) groups is 1. The van der Waals surface area contributed by atoms with Crippen LogP contribution in [-0.2, 0) is 0 Å². The van der Waals surface area contributed by atoms with E-state index in [0.717, 1.165) is 22.4 Å². The Morgan fingerprint density at radius 1 is 1.26 bits per heavy atom. The number of likely N-dealkylation sites (tertiary alicyclic amines) is 1. The molecule has 1 fully saturated rings. The number of rotatable bonds is 6. The molecule has 1 saturated heterocycles. The third kappa shape index (κ3) is 4.44.